The van der Waals surface area contributed by atoms with Gasteiger partial charge in [-0.3, -0.25) is 0 Å². The van der Waals surface area contributed by atoms with Gasteiger partial charge < -0.3 is 15.2 Å². The van der Waals surface area contributed by atoms with Gasteiger partial charge in [0.15, 0.2) is 0 Å². The molecule has 2 N–H and O–H groups in total. The minimum Gasteiger partial charge on any atom is -0.506 e. The molecule has 0 radical (unpaired) electrons. The molecule has 2 aliphatic heterocycles. The lowest BCUT2D eigenvalue weighted by Gasteiger charge is -2.39. The first kappa shape index (κ1) is 17.7. The first-order valence-electron chi connectivity index (χ1n) is 9.84. The van der Waals surface area contributed by atoms with Crippen LogP contribution in [-0.2, 0) is 0 Å². The Bertz CT molecular complexity index is 1040. The van der Waals surface area contributed by atoms with Gasteiger partial charge in [0.25, 0.3) is 0 Å². The van der Waals surface area contributed by atoms with Gasteiger partial charge in [-0.05, 0) is 62.9 Å². The Morgan fingerprint density at radius 3 is 2.61 bits per heavy atom. The maximum Gasteiger partial charge on any atom is 0.135 e. The van der Waals surface area contributed by atoms with Crippen LogP contribution >= 0.6 is 11.6 Å². The predicted molar refractivity (Wildman–Crippen MR) is 115 cm³/mol. The lowest BCUT2D eigenvalue weighted by atomic mass is 9.78. The van der Waals surface area contributed by atoms with E-state index in [0.717, 1.165) is 35.4 Å². The first-order chi connectivity index (χ1) is 13.4. The Balaban J connectivity index is 1.80. The lowest BCUT2D eigenvalue weighted by molar-refractivity contribution is 0.137. The number of benzene rings is 2. The maximum atomic E-state index is 10.2. The van der Waals surface area contributed by atoms with Crippen LogP contribution in [0.3, 0.4) is 0 Å². The fourth-order valence-corrected chi connectivity index (χ4v) is 5.23. The van der Waals surface area contributed by atoms with E-state index in [9.17, 15) is 5.11 Å². The molecule has 0 fully saturated rings. The molecule has 144 valence electrons. The Hall–Kier alpha value is -2.39. The molecule has 3 nitrogen and oxygen atoms in total. The van der Waals surface area contributed by atoms with Crippen molar-refractivity contribution in [3.8, 4) is 22.6 Å². The molecule has 0 bridgehead atoms. The molecule has 2 heterocycles. The summed E-state index contributed by atoms with van der Waals surface area (Å²) >= 11 is 6.54. The average molecular weight is 394 g/mol. The van der Waals surface area contributed by atoms with Gasteiger partial charge in [-0.1, -0.05) is 35.9 Å². The third-order valence-corrected chi connectivity index (χ3v) is 6.42. The van der Waals surface area contributed by atoms with Crippen molar-refractivity contribution in [3.05, 3.63) is 58.6 Å². The fourth-order valence-electron chi connectivity index (χ4n) is 4.97. The van der Waals surface area contributed by atoms with Crippen LogP contribution in [0, 0.1) is 5.92 Å². The summed E-state index contributed by atoms with van der Waals surface area (Å²) in [6.07, 6.45) is 8.74. The Kier molecular flexibility index (Phi) is 3.82. The van der Waals surface area contributed by atoms with Gasteiger partial charge in [-0.2, -0.15) is 0 Å². The minimum absolute atomic E-state index is 0.0422. The van der Waals surface area contributed by atoms with Crippen molar-refractivity contribution in [3.63, 3.8) is 0 Å². The van der Waals surface area contributed by atoms with Crippen LogP contribution in [0.5, 0.6) is 11.5 Å². The normalized spacial score (nSPS) is 21.9. The summed E-state index contributed by atoms with van der Waals surface area (Å²) in [6.45, 7) is 6.53. The van der Waals surface area contributed by atoms with Crippen LogP contribution in [0.15, 0.2) is 42.5 Å². The second-order valence-electron chi connectivity index (χ2n) is 8.64. The Morgan fingerprint density at radius 2 is 1.86 bits per heavy atom. The molecule has 3 aliphatic rings. The summed E-state index contributed by atoms with van der Waals surface area (Å²) in [6, 6.07) is 7.70. The first-order valence-corrected chi connectivity index (χ1v) is 10.2. The zero-order valence-electron chi connectivity index (χ0n) is 16.3. The van der Waals surface area contributed by atoms with Crippen molar-refractivity contribution in [2.45, 2.75) is 45.3 Å². The highest BCUT2D eigenvalue weighted by molar-refractivity contribution is 6.35. The molecule has 5 rings (SSSR count). The molecular formula is C24H24ClNO2. The number of fused-ring (bicyclic) bond motifs is 5. The van der Waals surface area contributed by atoms with Crippen molar-refractivity contribution in [2.75, 3.05) is 5.32 Å². The number of nitrogens with one attached hydrogen (secondary N) is 1. The van der Waals surface area contributed by atoms with Crippen LogP contribution in [0.4, 0.5) is 5.69 Å². The van der Waals surface area contributed by atoms with Crippen LogP contribution in [0.1, 0.15) is 50.8 Å². The summed E-state index contributed by atoms with van der Waals surface area (Å²) in [5.74, 6) is 1.23. The van der Waals surface area contributed by atoms with Crippen LogP contribution in [0.25, 0.3) is 16.7 Å². The number of rotatable bonds is 1. The van der Waals surface area contributed by atoms with E-state index >= 15 is 0 Å². The third kappa shape index (κ3) is 2.56. The molecule has 0 saturated heterocycles. The number of halogens is 1. The zero-order chi connectivity index (χ0) is 19.6. The minimum atomic E-state index is -0.0981. The topological polar surface area (TPSA) is 41.5 Å². The zero-order valence-corrected chi connectivity index (χ0v) is 17.1. The molecule has 0 amide bonds. The molecule has 1 unspecified atom stereocenters. The van der Waals surface area contributed by atoms with Gasteiger partial charge in [0, 0.05) is 28.3 Å². The van der Waals surface area contributed by atoms with Gasteiger partial charge in [0.2, 0.25) is 0 Å². The number of allylic oxidation sites excluding steroid dienone is 3. The van der Waals surface area contributed by atoms with E-state index < -0.39 is 0 Å². The second-order valence-corrected chi connectivity index (χ2v) is 9.01. The molecule has 4 heteroatoms. The highest BCUT2D eigenvalue weighted by atomic mass is 35.5. The predicted octanol–water partition coefficient (Wildman–Crippen LogP) is 6.72. The van der Waals surface area contributed by atoms with Crippen LogP contribution in [0.2, 0.25) is 5.02 Å². The standard InChI is InChI=1S/C24H24ClNO2/c1-13-12-24(2,3)26-16-9-8-15-20-18(11-10-17(27)22(20)25)28-23(21(15)19(13)16)14-6-4-5-7-14/h4-5,8-12,14,23,26-27H,6-7H2,1-3H3. The van der Waals surface area contributed by atoms with E-state index in [1.165, 1.54) is 16.7 Å². The third-order valence-electron chi connectivity index (χ3n) is 6.04. The monoisotopic (exact) mass is 393 g/mol. The van der Waals surface area contributed by atoms with E-state index in [4.69, 9.17) is 16.3 Å². The molecule has 0 spiro atoms. The van der Waals surface area contributed by atoms with Gasteiger partial charge in [-0.25, -0.2) is 0 Å². The van der Waals surface area contributed by atoms with Crippen molar-refractivity contribution in [1.29, 1.82) is 0 Å². The molecular weight excluding hydrogens is 370 g/mol. The Morgan fingerprint density at radius 1 is 1.11 bits per heavy atom. The van der Waals surface area contributed by atoms with E-state index in [0.29, 0.717) is 10.9 Å². The van der Waals surface area contributed by atoms with E-state index in [1.807, 2.05) is 6.07 Å². The lowest BCUT2D eigenvalue weighted by Crippen LogP contribution is -2.33. The van der Waals surface area contributed by atoms with Gasteiger partial charge in [0.05, 0.1) is 10.6 Å². The number of hydrogen-bond acceptors (Lipinski definition) is 3. The van der Waals surface area contributed by atoms with E-state index in [2.05, 4.69) is 56.4 Å². The molecule has 2 aromatic rings. The number of anilines is 1. The van der Waals surface area contributed by atoms with Crippen LogP contribution in [-0.4, -0.2) is 10.6 Å². The van der Waals surface area contributed by atoms with Gasteiger partial charge >= 0.3 is 0 Å². The summed E-state index contributed by atoms with van der Waals surface area (Å²) in [7, 11) is 0. The number of phenols is 1. The van der Waals surface area contributed by atoms with E-state index in [1.54, 1.807) is 6.07 Å². The highest BCUT2D eigenvalue weighted by Crippen LogP contribution is 2.55. The molecule has 1 atom stereocenters. The summed E-state index contributed by atoms with van der Waals surface area (Å²) in [4.78, 5) is 0. The second kappa shape index (κ2) is 6.05. The number of phenolic OH excluding ortho intramolecular Hbond substituents is 1. The summed E-state index contributed by atoms with van der Waals surface area (Å²) < 4.78 is 6.55. The van der Waals surface area contributed by atoms with Crippen molar-refractivity contribution in [1.82, 2.24) is 0 Å². The largest absolute Gasteiger partial charge is 0.506 e. The van der Waals surface area contributed by atoms with Gasteiger partial charge in [-0.15, -0.1) is 0 Å². The SMILES string of the molecule is CC1=CC(C)(C)Nc2ccc3c(c21)C(C1CC=CC1)Oc1ccc(O)c(Cl)c1-3. The average Bonchev–Trinajstić information content (AvgIpc) is 3.16. The molecule has 1 aliphatic carbocycles. The molecule has 0 saturated carbocycles. The maximum absolute atomic E-state index is 10.2. The van der Waals surface area contributed by atoms with Crippen molar-refractivity contribution in [2.24, 2.45) is 5.92 Å². The molecule has 0 aromatic heterocycles. The number of hydrogen-bond donors (Lipinski definition) is 2. The molecule has 2 aromatic carbocycles. The highest BCUT2D eigenvalue weighted by Gasteiger charge is 2.38. The van der Waals surface area contributed by atoms with Crippen molar-refractivity contribution >= 4 is 22.9 Å². The smallest absolute Gasteiger partial charge is 0.135 e. The van der Waals surface area contributed by atoms with Crippen molar-refractivity contribution < 1.29 is 9.84 Å². The van der Waals surface area contributed by atoms with Crippen LogP contribution < -0.4 is 10.1 Å². The van der Waals surface area contributed by atoms with Gasteiger partial charge in [0.1, 0.15) is 17.6 Å². The fraction of sp³-hybridized carbons (Fsp3) is 0.333. The summed E-state index contributed by atoms with van der Waals surface area (Å²) in [5, 5.41) is 14.2. The number of aromatic hydroxyl groups is 1. The molecule has 28 heavy (non-hydrogen) atoms. The number of ether oxygens (including phenoxy) is 1. The quantitative estimate of drug-likeness (QED) is 0.528. The summed E-state index contributed by atoms with van der Waals surface area (Å²) in [5.41, 5.74) is 6.52. The Labute approximate surface area is 170 Å². The van der Waals surface area contributed by atoms with E-state index in [-0.39, 0.29) is 17.4 Å².